The van der Waals surface area contributed by atoms with Gasteiger partial charge in [-0.05, 0) is 25.2 Å². The molecule has 118 valence electrons. The molecule has 7 heteroatoms. The second kappa shape index (κ2) is 5.91. The van der Waals surface area contributed by atoms with Crippen molar-refractivity contribution < 1.29 is 19.5 Å². The fourth-order valence-corrected chi connectivity index (χ4v) is 3.55. The number of urea groups is 1. The van der Waals surface area contributed by atoms with Crippen molar-refractivity contribution in [1.29, 1.82) is 0 Å². The molecule has 3 amide bonds. The van der Waals surface area contributed by atoms with E-state index in [1.54, 1.807) is 4.90 Å². The van der Waals surface area contributed by atoms with Gasteiger partial charge in [0.05, 0.1) is 5.92 Å². The molecule has 2 heterocycles. The number of carbonyl (C=O) groups excluding carboxylic acids is 2. The van der Waals surface area contributed by atoms with E-state index in [-0.39, 0.29) is 30.6 Å². The number of hydrogen-bond donors (Lipinski definition) is 2. The molecule has 2 saturated heterocycles. The third-order valence-corrected chi connectivity index (χ3v) is 4.28. The average Bonchev–Trinajstić information content (AvgIpc) is 2.93. The van der Waals surface area contributed by atoms with Crippen LogP contribution in [0.2, 0.25) is 0 Å². The summed E-state index contributed by atoms with van der Waals surface area (Å²) in [5, 5.41) is 9.24. The van der Waals surface area contributed by atoms with Crippen LogP contribution >= 0.6 is 0 Å². The minimum Gasteiger partial charge on any atom is -0.481 e. The number of aliphatic carboxylic acids is 1. The highest BCUT2D eigenvalue weighted by atomic mass is 16.4. The van der Waals surface area contributed by atoms with Crippen LogP contribution in [-0.4, -0.2) is 58.0 Å². The van der Waals surface area contributed by atoms with Gasteiger partial charge in [-0.25, -0.2) is 4.79 Å². The van der Waals surface area contributed by atoms with Crippen molar-refractivity contribution in [3.8, 4) is 0 Å². The normalized spacial score (nSPS) is 27.2. The number of hydrogen-bond acceptors (Lipinski definition) is 3. The molecule has 2 fully saturated rings. The SMILES string of the molecule is CC(C)CN(CC(N)=O)C(=O)N1C2CCC1C(C(=O)O)C2. The molecule has 2 aliphatic rings. The number of fused-ring (bicyclic) bond motifs is 2. The number of amides is 3. The predicted molar refractivity (Wildman–Crippen MR) is 75.4 cm³/mol. The van der Waals surface area contributed by atoms with Crippen LogP contribution in [0.25, 0.3) is 0 Å². The first kappa shape index (κ1) is 15.6. The van der Waals surface area contributed by atoms with Crippen molar-refractivity contribution in [3.05, 3.63) is 0 Å². The Morgan fingerprint density at radius 1 is 1.33 bits per heavy atom. The number of carboxylic acid groups (broad SMARTS) is 1. The Hall–Kier alpha value is -1.79. The summed E-state index contributed by atoms with van der Waals surface area (Å²) in [6, 6.07) is -0.521. The average molecular weight is 297 g/mol. The van der Waals surface area contributed by atoms with Crippen LogP contribution in [0.1, 0.15) is 33.1 Å². The highest BCUT2D eigenvalue weighted by Gasteiger charge is 2.52. The van der Waals surface area contributed by atoms with Gasteiger partial charge in [-0.3, -0.25) is 9.59 Å². The molecule has 0 aromatic carbocycles. The smallest absolute Gasteiger partial charge is 0.321 e. The first-order valence-electron chi connectivity index (χ1n) is 7.39. The Labute approximate surface area is 124 Å². The lowest BCUT2D eigenvalue weighted by Gasteiger charge is -2.31. The number of carboxylic acids is 1. The molecule has 0 radical (unpaired) electrons. The molecular weight excluding hydrogens is 274 g/mol. The van der Waals surface area contributed by atoms with E-state index in [2.05, 4.69) is 0 Å². The minimum absolute atomic E-state index is 0.0221. The van der Waals surface area contributed by atoms with Crippen molar-refractivity contribution >= 4 is 17.9 Å². The zero-order valence-electron chi connectivity index (χ0n) is 12.5. The maximum Gasteiger partial charge on any atom is 0.321 e. The number of nitrogens with two attached hydrogens (primary N) is 1. The van der Waals surface area contributed by atoms with Crippen molar-refractivity contribution in [2.45, 2.75) is 45.2 Å². The summed E-state index contributed by atoms with van der Waals surface area (Å²) in [6.45, 7) is 4.24. The second-order valence-corrected chi connectivity index (χ2v) is 6.41. The zero-order chi connectivity index (χ0) is 15.7. The second-order valence-electron chi connectivity index (χ2n) is 6.41. The van der Waals surface area contributed by atoms with Gasteiger partial charge in [0.25, 0.3) is 0 Å². The highest BCUT2D eigenvalue weighted by Crippen LogP contribution is 2.42. The van der Waals surface area contributed by atoms with E-state index < -0.39 is 17.8 Å². The van der Waals surface area contributed by atoms with E-state index in [1.807, 2.05) is 13.8 Å². The maximum atomic E-state index is 12.7. The number of primary amides is 1. The largest absolute Gasteiger partial charge is 0.481 e. The van der Waals surface area contributed by atoms with Crippen molar-refractivity contribution in [2.75, 3.05) is 13.1 Å². The van der Waals surface area contributed by atoms with Gasteiger partial charge < -0.3 is 20.6 Å². The van der Waals surface area contributed by atoms with E-state index in [0.717, 1.165) is 12.8 Å². The summed E-state index contributed by atoms with van der Waals surface area (Å²) in [7, 11) is 0. The highest BCUT2D eigenvalue weighted by molar-refractivity contribution is 5.84. The summed E-state index contributed by atoms with van der Waals surface area (Å²) in [4.78, 5) is 38.3. The summed E-state index contributed by atoms with van der Waals surface area (Å²) in [5.74, 6) is -1.67. The van der Waals surface area contributed by atoms with E-state index in [4.69, 9.17) is 5.73 Å². The van der Waals surface area contributed by atoms with Crippen LogP contribution in [0.4, 0.5) is 4.79 Å². The molecule has 0 aromatic heterocycles. The van der Waals surface area contributed by atoms with Crippen LogP contribution in [0.15, 0.2) is 0 Å². The Morgan fingerprint density at radius 3 is 2.48 bits per heavy atom. The van der Waals surface area contributed by atoms with Crippen molar-refractivity contribution in [2.24, 2.45) is 17.6 Å². The van der Waals surface area contributed by atoms with Gasteiger partial charge in [0.2, 0.25) is 5.91 Å². The summed E-state index contributed by atoms with van der Waals surface area (Å²) in [6.07, 6.45) is 2.07. The zero-order valence-corrected chi connectivity index (χ0v) is 12.5. The standard InChI is InChI=1S/C14H23N3O4/c1-8(2)6-16(7-12(15)18)14(21)17-9-3-4-11(17)10(5-9)13(19)20/h8-11H,3-7H2,1-2H3,(H2,15,18)(H,19,20). The Kier molecular flexibility index (Phi) is 4.39. The fraction of sp³-hybridized carbons (Fsp3) is 0.786. The molecule has 21 heavy (non-hydrogen) atoms. The van der Waals surface area contributed by atoms with Gasteiger partial charge in [-0.1, -0.05) is 13.8 Å². The molecule has 3 N–H and O–H groups in total. The van der Waals surface area contributed by atoms with Gasteiger partial charge >= 0.3 is 12.0 Å². The molecular formula is C14H23N3O4. The van der Waals surface area contributed by atoms with Crippen molar-refractivity contribution in [3.63, 3.8) is 0 Å². The molecule has 0 aliphatic carbocycles. The van der Waals surface area contributed by atoms with Crippen molar-refractivity contribution in [1.82, 2.24) is 9.80 Å². The first-order valence-corrected chi connectivity index (χ1v) is 7.39. The Balaban J connectivity index is 2.13. The lowest BCUT2D eigenvalue weighted by molar-refractivity contribution is -0.142. The third-order valence-electron chi connectivity index (χ3n) is 4.28. The Bertz CT molecular complexity index is 452. The van der Waals surface area contributed by atoms with Gasteiger partial charge in [0.1, 0.15) is 6.54 Å². The number of nitrogens with zero attached hydrogens (tertiary/aromatic N) is 2. The molecule has 0 saturated carbocycles. The van der Waals surface area contributed by atoms with Gasteiger partial charge in [0, 0.05) is 18.6 Å². The molecule has 7 nitrogen and oxygen atoms in total. The Morgan fingerprint density at radius 2 is 2.00 bits per heavy atom. The minimum atomic E-state index is -0.842. The fourth-order valence-electron chi connectivity index (χ4n) is 3.55. The lowest BCUT2D eigenvalue weighted by Crippen LogP contribution is -2.50. The molecule has 2 bridgehead atoms. The van der Waals surface area contributed by atoms with Crippen LogP contribution < -0.4 is 5.73 Å². The molecule has 2 aliphatic heterocycles. The maximum absolute atomic E-state index is 12.7. The molecule has 3 atom stereocenters. The van der Waals surface area contributed by atoms with E-state index in [1.165, 1.54) is 4.90 Å². The number of carbonyl (C=O) groups is 3. The van der Waals surface area contributed by atoms with Gasteiger partial charge in [-0.2, -0.15) is 0 Å². The topological polar surface area (TPSA) is 104 Å². The van der Waals surface area contributed by atoms with Crippen LogP contribution in [0.5, 0.6) is 0 Å². The molecule has 2 rings (SSSR count). The first-order chi connectivity index (χ1) is 9.81. The monoisotopic (exact) mass is 297 g/mol. The lowest BCUT2D eigenvalue weighted by atomic mass is 9.89. The van der Waals surface area contributed by atoms with Crippen LogP contribution in [0.3, 0.4) is 0 Å². The van der Waals surface area contributed by atoms with E-state index in [0.29, 0.717) is 13.0 Å². The summed E-state index contributed by atoms with van der Waals surface area (Å²) in [5.41, 5.74) is 5.22. The van der Waals surface area contributed by atoms with Gasteiger partial charge in [-0.15, -0.1) is 0 Å². The van der Waals surface area contributed by atoms with Crippen LogP contribution in [0, 0.1) is 11.8 Å². The van der Waals surface area contributed by atoms with E-state index >= 15 is 0 Å². The quantitative estimate of drug-likeness (QED) is 0.770. The number of rotatable bonds is 5. The van der Waals surface area contributed by atoms with E-state index in [9.17, 15) is 19.5 Å². The van der Waals surface area contributed by atoms with Gasteiger partial charge in [0.15, 0.2) is 0 Å². The molecule has 3 unspecified atom stereocenters. The summed E-state index contributed by atoms with van der Waals surface area (Å²) >= 11 is 0. The third kappa shape index (κ3) is 3.11. The predicted octanol–water partition coefficient (Wildman–Crippen LogP) is 0.487. The molecule has 0 spiro atoms. The van der Waals surface area contributed by atoms with Crippen LogP contribution in [-0.2, 0) is 9.59 Å². The molecule has 0 aromatic rings. The summed E-state index contributed by atoms with van der Waals surface area (Å²) < 4.78 is 0.